The molecule has 7 heteroatoms. The number of aromatic nitrogens is 2. The van der Waals surface area contributed by atoms with Crippen LogP contribution in [0, 0.1) is 17.6 Å². The van der Waals surface area contributed by atoms with Crippen molar-refractivity contribution in [3.05, 3.63) is 81.9 Å². The van der Waals surface area contributed by atoms with Gasteiger partial charge in [0.25, 0.3) is 11.5 Å². The van der Waals surface area contributed by atoms with E-state index in [1.165, 1.54) is 6.20 Å². The molecule has 31 heavy (non-hydrogen) atoms. The van der Waals surface area contributed by atoms with Gasteiger partial charge in [-0.3, -0.25) is 9.59 Å². The summed E-state index contributed by atoms with van der Waals surface area (Å²) in [5, 5.41) is 1.26. The first-order valence-electron chi connectivity index (χ1n) is 10.1. The lowest BCUT2D eigenvalue weighted by Gasteiger charge is -2.31. The minimum Gasteiger partial charge on any atom is -0.351 e. The minimum absolute atomic E-state index is 0.0470. The second kappa shape index (κ2) is 7.98. The van der Waals surface area contributed by atoms with Crippen molar-refractivity contribution in [1.29, 1.82) is 0 Å². The fourth-order valence-corrected chi connectivity index (χ4v) is 3.94. The molecule has 2 aromatic heterocycles. The predicted molar refractivity (Wildman–Crippen MR) is 117 cm³/mol. The van der Waals surface area contributed by atoms with Crippen LogP contribution in [0.15, 0.2) is 53.5 Å². The molecule has 0 saturated heterocycles. The number of H-pyrrole nitrogens is 2. The van der Waals surface area contributed by atoms with Crippen LogP contribution in [0.2, 0.25) is 0 Å². The van der Waals surface area contributed by atoms with Gasteiger partial charge in [0.05, 0.1) is 11.4 Å². The Morgan fingerprint density at radius 2 is 1.71 bits per heavy atom. The van der Waals surface area contributed by atoms with E-state index in [-0.39, 0.29) is 22.6 Å². The van der Waals surface area contributed by atoms with E-state index < -0.39 is 23.2 Å². The predicted octanol–water partition coefficient (Wildman–Crippen LogP) is 5.15. The summed E-state index contributed by atoms with van der Waals surface area (Å²) in [5.74, 6) is -2.17. The molecule has 1 amide bonds. The molecule has 0 spiro atoms. The third-order valence-electron chi connectivity index (χ3n) is 5.48. The molecule has 4 rings (SSSR count). The van der Waals surface area contributed by atoms with Crippen molar-refractivity contribution in [1.82, 2.24) is 14.9 Å². The fourth-order valence-electron chi connectivity index (χ4n) is 3.94. The number of nitrogens with one attached hydrogen (secondary N) is 2. The Morgan fingerprint density at radius 1 is 1.03 bits per heavy atom. The number of carbonyl (C=O) groups excluding carboxylic acids is 1. The summed E-state index contributed by atoms with van der Waals surface area (Å²) in [6.45, 7) is 6.26. The molecule has 0 radical (unpaired) electrons. The van der Waals surface area contributed by atoms with E-state index in [1.54, 1.807) is 11.0 Å². The number of fused-ring (bicyclic) bond motifs is 2. The Balaban J connectivity index is 1.81. The summed E-state index contributed by atoms with van der Waals surface area (Å²) in [6.07, 6.45) is 1.47. The van der Waals surface area contributed by atoms with Crippen LogP contribution in [0.3, 0.4) is 0 Å². The molecule has 5 nitrogen and oxygen atoms in total. The maximum atomic E-state index is 14.0. The van der Waals surface area contributed by atoms with Crippen LogP contribution in [-0.2, 0) is 0 Å². The van der Waals surface area contributed by atoms with Gasteiger partial charge in [-0.25, -0.2) is 8.78 Å². The van der Waals surface area contributed by atoms with Gasteiger partial charge in [-0.15, -0.1) is 0 Å². The van der Waals surface area contributed by atoms with Crippen molar-refractivity contribution in [2.45, 2.75) is 26.8 Å². The minimum atomic E-state index is -1.09. The summed E-state index contributed by atoms with van der Waals surface area (Å²) in [4.78, 5) is 33.1. The number of nitrogens with zero attached hydrogens (tertiary/aromatic N) is 1. The maximum Gasteiger partial charge on any atom is 0.270 e. The summed E-state index contributed by atoms with van der Waals surface area (Å²) in [7, 11) is 0. The first kappa shape index (κ1) is 20.8. The van der Waals surface area contributed by atoms with Crippen LogP contribution in [0.5, 0.6) is 0 Å². The molecule has 2 aromatic carbocycles. The van der Waals surface area contributed by atoms with Gasteiger partial charge in [0.2, 0.25) is 0 Å². The Morgan fingerprint density at radius 3 is 2.39 bits per heavy atom. The number of aromatic amines is 2. The quantitative estimate of drug-likeness (QED) is 0.466. The fraction of sp³-hybridized carbons (Fsp3) is 0.250. The highest BCUT2D eigenvalue weighted by atomic mass is 19.2. The summed E-state index contributed by atoms with van der Waals surface area (Å²) < 4.78 is 27.8. The van der Waals surface area contributed by atoms with Crippen molar-refractivity contribution in [3.8, 4) is 0 Å². The van der Waals surface area contributed by atoms with Crippen LogP contribution in [0.25, 0.3) is 21.7 Å². The molecule has 0 unspecified atom stereocenters. The van der Waals surface area contributed by atoms with E-state index >= 15 is 0 Å². The number of carbonyl (C=O) groups is 1. The van der Waals surface area contributed by atoms with Crippen molar-refractivity contribution in [2.75, 3.05) is 6.54 Å². The van der Waals surface area contributed by atoms with Crippen LogP contribution in [-0.4, -0.2) is 27.3 Å². The number of rotatable bonds is 5. The smallest absolute Gasteiger partial charge is 0.270 e. The second-order valence-electron chi connectivity index (χ2n) is 8.18. The van der Waals surface area contributed by atoms with Crippen molar-refractivity contribution in [2.24, 2.45) is 5.92 Å². The zero-order valence-electron chi connectivity index (χ0n) is 17.5. The molecular formula is C24H23F2N3O2. The van der Waals surface area contributed by atoms with Gasteiger partial charge < -0.3 is 14.9 Å². The van der Waals surface area contributed by atoms with Gasteiger partial charge in [0.15, 0.2) is 11.6 Å². The first-order valence-corrected chi connectivity index (χ1v) is 10.1. The van der Waals surface area contributed by atoms with Gasteiger partial charge in [-0.1, -0.05) is 32.0 Å². The molecule has 1 atom stereocenters. The number of para-hydroxylation sites is 1. The lowest BCUT2D eigenvalue weighted by molar-refractivity contribution is 0.0661. The second-order valence-corrected chi connectivity index (χ2v) is 8.18. The van der Waals surface area contributed by atoms with E-state index in [1.807, 2.05) is 45.0 Å². The number of hydrogen-bond acceptors (Lipinski definition) is 2. The standard InChI is InChI=1S/C24H23F2N3O2/c1-13(2)12-29(24(31)22-8-15-6-4-5-7-21(15)28-22)14(3)18-11-27-23(30)17-10-20(26)19(25)9-16(17)18/h4-11,13-14,28H,12H2,1-3H3,(H,27,30)/t14-/m0/s1. The molecule has 0 aliphatic rings. The van der Waals surface area contributed by atoms with Crippen LogP contribution in [0.1, 0.15) is 42.9 Å². The zero-order chi connectivity index (χ0) is 22.3. The Hall–Kier alpha value is -3.48. The molecule has 2 heterocycles. The van der Waals surface area contributed by atoms with E-state index in [9.17, 15) is 18.4 Å². The molecule has 2 N–H and O–H groups in total. The van der Waals surface area contributed by atoms with Gasteiger partial charge in [-0.05, 0) is 48.1 Å². The molecule has 0 fully saturated rings. The topological polar surface area (TPSA) is 69.0 Å². The van der Waals surface area contributed by atoms with E-state index in [0.29, 0.717) is 17.8 Å². The molecule has 0 aliphatic carbocycles. The summed E-state index contributed by atoms with van der Waals surface area (Å²) >= 11 is 0. The largest absolute Gasteiger partial charge is 0.351 e. The Bertz CT molecular complexity index is 1310. The molecule has 4 aromatic rings. The molecular weight excluding hydrogens is 400 g/mol. The van der Waals surface area contributed by atoms with Gasteiger partial charge >= 0.3 is 0 Å². The molecule has 160 valence electrons. The molecule has 0 bridgehead atoms. The van der Waals surface area contributed by atoms with Crippen molar-refractivity contribution >= 4 is 27.6 Å². The van der Waals surface area contributed by atoms with Gasteiger partial charge in [0.1, 0.15) is 5.69 Å². The lowest BCUT2D eigenvalue weighted by Crippen LogP contribution is -2.37. The maximum absolute atomic E-state index is 14.0. The molecule has 0 aliphatic heterocycles. The van der Waals surface area contributed by atoms with E-state index in [0.717, 1.165) is 23.0 Å². The average Bonchev–Trinajstić information content (AvgIpc) is 3.17. The van der Waals surface area contributed by atoms with E-state index in [2.05, 4.69) is 9.97 Å². The third kappa shape index (κ3) is 3.83. The number of halogens is 2. The van der Waals surface area contributed by atoms with Crippen LogP contribution >= 0.6 is 0 Å². The average molecular weight is 423 g/mol. The number of hydrogen-bond donors (Lipinski definition) is 2. The zero-order valence-corrected chi connectivity index (χ0v) is 17.5. The van der Waals surface area contributed by atoms with Crippen molar-refractivity contribution < 1.29 is 13.6 Å². The normalized spacial score (nSPS) is 12.6. The summed E-state index contributed by atoms with van der Waals surface area (Å²) in [6, 6.07) is 10.8. The SMILES string of the molecule is CC(C)CN(C(=O)c1cc2ccccc2[nH]1)[C@@H](C)c1c[nH]c(=O)c2cc(F)c(F)cc12. The summed E-state index contributed by atoms with van der Waals surface area (Å²) in [5.41, 5.74) is 1.33. The number of pyridine rings is 1. The highest BCUT2D eigenvalue weighted by Gasteiger charge is 2.27. The monoisotopic (exact) mass is 423 g/mol. The first-order chi connectivity index (χ1) is 14.8. The Labute approximate surface area is 177 Å². The van der Waals surface area contributed by atoms with Crippen molar-refractivity contribution in [3.63, 3.8) is 0 Å². The Kier molecular flexibility index (Phi) is 5.35. The van der Waals surface area contributed by atoms with Crippen LogP contribution < -0.4 is 5.56 Å². The molecule has 0 saturated carbocycles. The van der Waals surface area contributed by atoms with E-state index in [4.69, 9.17) is 0 Å². The van der Waals surface area contributed by atoms with Gasteiger partial charge in [0, 0.05) is 23.6 Å². The highest BCUT2D eigenvalue weighted by Crippen LogP contribution is 2.30. The number of amides is 1. The van der Waals surface area contributed by atoms with Crippen LogP contribution in [0.4, 0.5) is 8.78 Å². The lowest BCUT2D eigenvalue weighted by atomic mass is 9.99. The van der Waals surface area contributed by atoms with Gasteiger partial charge in [-0.2, -0.15) is 0 Å². The third-order valence-corrected chi connectivity index (χ3v) is 5.48. The number of benzene rings is 2. The highest BCUT2D eigenvalue weighted by molar-refractivity contribution is 5.98.